The molecule has 0 aromatic heterocycles. The quantitative estimate of drug-likeness (QED) is 0.674. The first kappa shape index (κ1) is 19.8. The van der Waals surface area contributed by atoms with Gasteiger partial charge in [0.05, 0.1) is 4.90 Å². The van der Waals surface area contributed by atoms with Crippen molar-refractivity contribution in [2.75, 3.05) is 26.2 Å². The molecular formula is C20H21BrN2O3S. The Bertz CT molecular complexity index is 947. The maximum atomic E-state index is 12.7. The van der Waals surface area contributed by atoms with E-state index in [1.807, 2.05) is 31.2 Å². The third kappa shape index (κ3) is 4.66. The van der Waals surface area contributed by atoms with E-state index in [0.29, 0.717) is 31.1 Å². The summed E-state index contributed by atoms with van der Waals surface area (Å²) in [5.74, 6) is -0.113. The van der Waals surface area contributed by atoms with Gasteiger partial charge in [0.1, 0.15) is 0 Å². The molecule has 1 fully saturated rings. The largest absolute Gasteiger partial charge is 0.337 e. The predicted molar refractivity (Wildman–Crippen MR) is 110 cm³/mol. The number of benzene rings is 2. The molecule has 3 rings (SSSR count). The van der Waals surface area contributed by atoms with Crippen molar-refractivity contribution in [2.24, 2.45) is 0 Å². The van der Waals surface area contributed by atoms with Crippen LogP contribution < -0.4 is 0 Å². The summed E-state index contributed by atoms with van der Waals surface area (Å²) in [7, 11) is -3.52. The Hall–Kier alpha value is -1.96. The first-order chi connectivity index (χ1) is 12.9. The molecule has 0 atom stereocenters. The van der Waals surface area contributed by atoms with Crippen molar-refractivity contribution >= 4 is 37.9 Å². The number of hydrogen-bond donors (Lipinski definition) is 0. The monoisotopic (exact) mass is 448 g/mol. The van der Waals surface area contributed by atoms with E-state index >= 15 is 0 Å². The van der Waals surface area contributed by atoms with Gasteiger partial charge in [-0.25, -0.2) is 8.42 Å². The van der Waals surface area contributed by atoms with Crippen molar-refractivity contribution in [1.82, 2.24) is 9.21 Å². The highest BCUT2D eigenvalue weighted by atomic mass is 79.9. The van der Waals surface area contributed by atoms with Crippen molar-refractivity contribution < 1.29 is 13.2 Å². The molecule has 0 spiro atoms. The maximum Gasteiger partial charge on any atom is 0.246 e. The van der Waals surface area contributed by atoms with Gasteiger partial charge in [-0.05, 0) is 36.8 Å². The van der Waals surface area contributed by atoms with Gasteiger partial charge < -0.3 is 4.90 Å². The van der Waals surface area contributed by atoms with E-state index in [1.54, 1.807) is 35.2 Å². The SMILES string of the molecule is Cc1ccc(S(=O)(=O)N2CCN(C(=O)/C=C/c3ccccc3Br)CC2)cc1. The van der Waals surface area contributed by atoms with Gasteiger partial charge in [0, 0.05) is 36.7 Å². The van der Waals surface area contributed by atoms with E-state index in [0.717, 1.165) is 15.6 Å². The summed E-state index contributed by atoms with van der Waals surface area (Å²) >= 11 is 3.45. The van der Waals surface area contributed by atoms with Crippen molar-refractivity contribution in [2.45, 2.75) is 11.8 Å². The highest BCUT2D eigenvalue weighted by molar-refractivity contribution is 9.10. The van der Waals surface area contributed by atoms with Crippen LogP contribution >= 0.6 is 15.9 Å². The van der Waals surface area contributed by atoms with Crippen LogP contribution in [0.5, 0.6) is 0 Å². The molecule has 1 heterocycles. The molecule has 0 aliphatic carbocycles. The van der Waals surface area contributed by atoms with Crippen LogP contribution in [0.15, 0.2) is 64.0 Å². The van der Waals surface area contributed by atoms with Crippen molar-refractivity contribution in [3.8, 4) is 0 Å². The number of amides is 1. The minimum absolute atomic E-state index is 0.113. The summed E-state index contributed by atoms with van der Waals surface area (Å²) in [5.41, 5.74) is 1.94. The Morgan fingerprint density at radius 2 is 1.63 bits per heavy atom. The average molecular weight is 449 g/mol. The Labute approximate surface area is 168 Å². The van der Waals surface area contributed by atoms with Gasteiger partial charge in [-0.3, -0.25) is 4.79 Å². The van der Waals surface area contributed by atoms with Gasteiger partial charge in [-0.1, -0.05) is 51.8 Å². The van der Waals surface area contributed by atoms with E-state index < -0.39 is 10.0 Å². The molecule has 0 saturated carbocycles. The lowest BCUT2D eigenvalue weighted by Gasteiger charge is -2.33. The van der Waals surface area contributed by atoms with E-state index in [4.69, 9.17) is 0 Å². The summed E-state index contributed by atoms with van der Waals surface area (Å²) in [6, 6.07) is 14.5. The van der Waals surface area contributed by atoms with Gasteiger partial charge in [0.2, 0.25) is 15.9 Å². The minimum Gasteiger partial charge on any atom is -0.337 e. The third-order valence-corrected chi connectivity index (χ3v) is 7.15. The first-order valence-corrected chi connectivity index (χ1v) is 10.9. The number of hydrogen-bond acceptors (Lipinski definition) is 3. The number of halogens is 1. The second-order valence-corrected chi connectivity index (χ2v) is 9.19. The molecule has 7 heteroatoms. The molecule has 2 aromatic carbocycles. The van der Waals surface area contributed by atoms with E-state index in [1.165, 1.54) is 10.4 Å². The second-order valence-electron chi connectivity index (χ2n) is 6.40. The van der Waals surface area contributed by atoms with Gasteiger partial charge in [0.15, 0.2) is 0 Å². The number of rotatable bonds is 4. The molecule has 0 bridgehead atoms. The molecule has 5 nitrogen and oxygen atoms in total. The Morgan fingerprint density at radius 1 is 1.00 bits per heavy atom. The van der Waals surface area contributed by atoms with Crippen molar-refractivity contribution in [3.05, 3.63) is 70.2 Å². The molecule has 1 saturated heterocycles. The lowest BCUT2D eigenvalue weighted by molar-refractivity contribution is -0.127. The van der Waals surface area contributed by atoms with Crippen LogP contribution in [0.2, 0.25) is 0 Å². The average Bonchev–Trinajstić information content (AvgIpc) is 2.67. The smallest absolute Gasteiger partial charge is 0.246 e. The fourth-order valence-electron chi connectivity index (χ4n) is 2.88. The number of aryl methyl sites for hydroxylation is 1. The van der Waals surface area contributed by atoms with Crippen molar-refractivity contribution in [1.29, 1.82) is 0 Å². The molecule has 1 aliphatic heterocycles. The summed E-state index contributed by atoms with van der Waals surface area (Å²) < 4.78 is 27.8. The van der Waals surface area contributed by atoms with Crippen LogP contribution in [-0.4, -0.2) is 49.7 Å². The van der Waals surface area contributed by atoms with Gasteiger partial charge in [-0.2, -0.15) is 4.31 Å². The normalized spacial score (nSPS) is 16.0. The molecule has 142 valence electrons. The lowest BCUT2D eigenvalue weighted by atomic mass is 10.2. The highest BCUT2D eigenvalue weighted by Crippen LogP contribution is 2.19. The van der Waals surface area contributed by atoms with E-state index in [9.17, 15) is 13.2 Å². The second kappa shape index (κ2) is 8.37. The summed E-state index contributed by atoms with van der Waals surface area (Å²) in [5, 5.41) is 0. The van der Waals surface area contributed by atoms with Crippen LogP contribution in [0.25, 0.3) is 6.08 Å². The minimum atomic E-state index is -3.52. The Morgan fingerprint density at radius 3 is 2.26 bits per heavy atom. The maximum absolute atomic E-state index is 12.7. The van der Waals surface area contributed by atoms with Crippen molar-refractivity contribution in [3.63, 3.8) is 0 Å². The zero-order valence-corrected chi connectivity index (χ0v) is 17.4. The summed E-state index contributed by atoms with van der Waals surface area (Å²) in [6.45, 7) is 3.27. The number of piperazine rings is 1. The number of sulfonamides is 1. The van der Waals surface area contributed by atoms with Gasteiger partial charge >= 0.3 is 0 Å². The molecule has 0 radical (unpaired) electrons. The van der Waals surface area contributed by atoms with E-state index in [-0.39, 0.29) is 5.91 Å². The molecule has 27 heavy (non-hydrogen) atoms. The summed E-state index contributed by atoms with van der Waals surface area (Å²) in [4.78, 5) is 14.4. The van der Waals surface area contributed by atoms with Crippen LogP contribution in [0.1, 0.15) is 11.1 Å². The highest BCUT2D eigenvalue weighted by Gasteiger charge is 2.29. The Kier molecular flexibility index (Phi) is 6.14. The molecule has 1 aliphatic rings. The standard InChI is InChI=1S/C20H21BrN2O3S/c1-16-6-9-18(10-7-16)27(25,26)23-14-12-22(13-15-23)20(24)11-8-17-4-2-3-5-19(17)21/h2-11H,12-15H2,1H3/b11-8+. The number of nitrogens with zero attached hydrogens (tertiary/aromatic N) is 2. The topological polar surface area (TPSA) is 57.7 Å². The zero-order valence-electron chi connectivity index (χ0n) is 15.0. The Balaban J connectivity index is 1.62. The summed E-state index contributed by atoms with van der Waals surface area (Å²) in [6.07, 6.45) is 3.30. The van der Waals surface area contributed by atoms with E-state index in [2.05, 4.69) is 15.9 Å². The van der Waals surface area contributed by atoms with Gasteiger partial charge in [0.25, 0.3) is 0 Å². The van der Waals surface area contributed by atoms with Crippen LogP contribution in [0, 0.1) is 6.92 Å². The lowest BCUT2D eigenvalue weighted by Crippen LogP contribution is -2.50. The van der Waals surface area contributed by atoms with Crippen LogP contribution in [0.4, 0.5) is 0 Å². The fraction of sp³-hybridized carbons (Fsp3) is 0.250. The van der Waals surface area contributed by atoms with Crippen LogP contribution in [-0.2, 0) is 14.8 Å². The molecule has 1 amide bonds. The molecule has 2 aromatic rings. The molecular weight excluding hydrogens is 428 g/mol. The third-order valence-electron chi connectivity index (χ3n) is 4.52. The fourth-order valence-corrected chi connectivity index (χ4v) is 4.72. The molecule has 0 N–H and O–H groups in total. The first-order valence-electron chi connectivity index (χ1n) is 8.66. The number of carbonyl (C=O) groups is 1. The zero-order chi connectivity index (χ0) is 19.4. The van der Waals surface area contributed by atoms with Crippen LogP contribution in [0.3, 0.4) is 0 Å². The number of carbonyl (C=O) groups excluding carboxylic acids is 1. The van der Waals surface area contributed by atoms with Gasteiger partial charge in [-0.15, -0.1) is 0 Å². The molecule has 0 unspecified atom stereocenters. The predicted octanol–water partition coefficient (Wildman–Crippen LogP) is 3.30.